The topological polar surface area (TPSA) is 35.2 Å². The van der Waals surface area contributed by atoms with E-state index in [1.54, 1.807) is 0 Å². The SMILES string of the molecule is NCC1CCCC1OCC1Cc2ccccc2S1. The van der Waals surface area contributed by atoms with Crippen molar-refractivity contribution in [3.05, 3.63) is 29.8 Å². The Morgan fingerprint density at radius 1 is 1.28 bits per heavy atom. The molecule has 0 aromatic heterocycles. The van der Waals surface area contributed by atoms with Crippen LogP contribution in [0.15, 0.2) is 29.2 Å². The van der Waals surface area contributed by atoms with Gasteiger partial charge < -0.3 is 10.5 Å². The van der Waals surface area contributed by atoms with Crippen molar-refractivity contribution in [2.75, 3.05) is 13.2 Å². The van der Waals surface area contributed by atoms with Crippen LogP contribution in [-0.2, 0) is 11.2 Å². The summed E-state index contributed by atoms with van der Waals surface area (Å²) in [5, 5.41) is 0.599. The first-order chi connectivity index (χ1) is 8.86. The van der Waals surface area contributed by atoms with Crippen LogP contribution < -0.4 is 5.73 Å². The first kappa shape index (κ1) is 12.5. The summed E-state index contributed by atoms with van der Waals surface area (Å²) in [4.78, 5) is 1.44. The van der Waals surface area contributed by atoms with Crippen LogP contribution in [0.3, 0.4) is 0 Å². The van der Waals surface area contributed by atoms with E-state index in [2.05, 4.69) is 24.3 Å². The molecule has 0 radical (unpaired) electrons. The molecule has 2 N–H and O–H groups in total. The summed E-state index contributed by atoms with van der Waals surface area (Å²) >= 11 is 1.97. The molecule has 1 aromatic carbocycles. The van der Waals surface area contributed by atoms with Crippen molar-refractivity contribution in [3.8, 4) is 0 Å². The number of benzene rings is 1. The van der Waals surface area contributed by atoms with Gasteiger partial charge in [0.15, 0.2) is 0 Å². The van der Waals surface area contributed by atoms with Gasteiger partial charge in [-0.2, -0.15) is 0 Å². The maximum atomic E-state index is 6.12. The summed E-state index contributed by atoms with van der Waals surface area (Å²) in [7, 11) is 0. The molecule has 1 fully saturated rings. The maximum Gasteiger partial charge on any atom is 0.0615 e. The maximum absolute atomic E-state index is 6.12. The van der Waals surface area contributed by atoms with Gasteiger partial charge in [-0.1, -0.05) is 24.6 Å². The second-order valence-corrected chi connectivity index (χ2v) is 6.69. The molecule has 0 amide bonds. The average Bonchev–Trinajstić information content (AvgIpc) is 3.01. The van der Waals surface area contributed by atoms with Crippen LogP contribution in [0.1, 0.15) is 24.8 Å². The average molecular weight is 263 g/mol. The minimum absolute atomic E-state index is 0.416. The number of hydrogen-bond acceptors (Lipinski definition) is 3. The Labute approximate surface area is 113 Å². The number of rotatable bonds is 4. The van der Waals surface area contributed by atoms with Crippen molar-refractivity contribution in [1.82, 2.24) is 0 Å². The van der Waals surface area contributed by atoms with Crippen LogP contribution in [0.2, 0.25) is 0 Å². The van der Waals surface area contributed by atoms with Gasteiger partial charge in [-0.25, -0.2) is 0 Å². The highest BCUT2D eigenvalue weighted by atomic mass is 32.2. The molecule has 1 aliphatic carbocycles. The smallest absolute Gasteiger partial charge is 0.0615 e. The Balaban J connectivity index is 1.51. The van der Waals surface area contributed by atoms with E-state index in [1.165, 1.54) is 29.7 Å². The predicted molar refractivity (Wildman–Crippen MR) is 75.9 cm³/mol. The Bertz CT molecular complexity index is 384. The quantitative estimate of drug-likeness (QED) is 0.907. The molecule has 1 heterocycles. The van der Waals surface area contributed by atoms with Crippen LogP contribution >= 0.6 is 11.8 Å². The van der Waals surface area contributed by atoms with Gasteiger partial charge in [0.2, 0.25) is 0 Å². The Hall–Kier alpha value is -0.510. The van der Waals surface area contributed by atoms with Crippen LogP contribution in [-0.4, -0.2) is 24.5 Å². The van der Waals surface area contributed by atoms with Crippen LogP contribution in [0, 0.1) is 5.92 Å². The van der Waals surface area contributed by atoms with Crippen molar-refractivity contribution in [2.24, 2.45) is 11.7 Å². The number of hydrogen-bond donors (Lipinski definition) is 1. The highest BCUT2D eigenvalue weighted by molar-refractivity contribution is 8.00. The van der Waals surface area contributed by atoms with E-state index in [9.17, 15) is 0 Å². The molecule has 0 bridgehead atoms. The first-order valence-electron chi connectivity index (χ1n) is 6.93. The summed E-state index contributed by atoms with van der Waals surface area (Å²) in [6.07, 6.45) is 5.30. The molecular formula is C15H21NOS. The van der Waals surface area contributed by atoms with E-state index in [-0.39, 0.29) is 0 Å². The van der Waals surface area contributed by atoms with Gasteiger partial charge in [-0.15, -0.1) is 11.8 Å². The second-order valence-electron chi connectivity index (χ2n) is 5.35. The Morgan fingerprint density at radius 2 is 2.17 bits per heavy atom. The Kier molecular flexibility index (Phi) is 3.92. The number of thioether (sulfide) groups is 1. The minimum atomic E-state index is 0.416. The lowest BCUT2D eigenvalue weighted by Gasteiger charge is -2.20. The normalized spacial score (nSPS) is 30.6. The molecule has 2 aliphatic rings. The first-order valence-corrected chi connectivity index (χ1v) is 7.81. The third-order valence-corrected chi connectivity index (χ3v) is 5.39. The van der Waals surface area contributed by atoms with Gasteiger partial charge in [-0.3, -0.25) is 0 Å². The Morgan fingerprint density at radius 3 is 3.00 bits per heavy atom. The molecule has 1 aromatic rings. The van der Waals surface area contributed by atoms with Crippen molar-refractivity contribution in [2.45, 2.75) is 41.9 Å². The summed E-state index contributed by atoms with van der Waals surface area (Å²) < 4.78 is 6.12. The third-order valence-electron chi connectivity index (χ3n) is 4.10. The van der Waals surface area contributed by atoms with Crippen molar-refractivity contribution in [1.29, 1.82) is 0 Å². The number of ether oxygens (including phenoxy) is 1. The summed E-state index contributed by atoms with van der Waals surface area (Å²) in [5.74, 6) is 0.596. The molecule has 3 atom stereocenters. The molecule has 98 valence electrons. The minimum Gasteiger partial charge on any atom is -0.377 e. The van der Waals surface area contributed by atoms with Crippen molar-refractivity contribution in [3.63, 3.8) is 0 Å². The highest BCUT2D eigenvalue weighted by Gasteiger charge is 2.29. The lowest BCUT2D eigenvalue weighted by molar-refractivity contribution is 0.0314. The molecule has 3 heteroatoms. The van der Waals surface area contributed by atoms with E-state index in [4.69, 9.17) is 10.5 Å². The molecular weight excluding hydrogens is 242 g/mol. The third kappa shape index (κ3) is 2.58. The molecule has 3 rings (SSSR count). The molecule has 0 spiro atoms. The van der Waals surface area contributed by atoms with E-state index < -0.39 is 0 Å². The standard InChI is InChI=1S/C15H21NOS/c16-9-12-5-3-6-14(12)17-10-13-8-11-4-1-2-7-15(11)18-13/h1-2,4,7,12-14H,3,5-6,8-10,16H2. The van der Waals surface area contributed by atoms with Gasteiger partial charge in [-0.05, 0) is 43.4 Å². The lowest BCUT2D eigenvalue weighted by Crippen LogP contribution is -2.27. The fraction of sp³-hybridized carbons (Fsp3) is 0.600. The predicted octanol–water partition coefficient (Wildman–Crippen LogP) is 2.85. The monoisotopic (exact) mass is 263 g/mol. The van der Waals surface area contributed by atoms with E-state index in [0.717, 1.165) is 19.6 Å². The zero-order valence-corrected chi connectivity index (χ0v) is 11.5. The second kappa shape index (κ2) is 5.64. The summed E-state index contributed by atoms with van der Waals surface area (Å²) in [6.45, 7) is 1.66. The zero-order chi connectivity index (χ0) is 12.4. The van der Waals surface area contributed by atoms with Gasteiger partial charge in [0.1, 0.15) is 0 Å². The molecule has 0 saturated heterocycles. The molecule has 1 aliphatic heterocycles. The fourth-order valence-corrected chi connectivity index (χ4v) is 4.30. The lowest BCUT2D eigenvalue weighted by atomic mass is 10.1. The van der Waals surface area contributed by atoms with E-state index in [0.29, 0.717) is 17.3 Å². The molecule has 2 nitrogen and oxygen atoms in total. The van der Waals surface area contributed by atoms with Gasteiger partial charge in [0.05, 0.1) is 12.7 Å². The largest absolute Gasteiger partial charge is 0.377 e. The summed E-state index contributed by atoms with van der Waals surface area (Å²) in [6, 6.07) is 8.71. The molecule has 3 unspecified atom stereocenters. The number of nitrogens with two attached hydrogens (primary N) is 1. The van der Waals surface area contributed by atoms with Crippen molar-refractivity contribution < 1.29 is 4.74 Å². The fourth-order valence-electron chi connectivity index (χ4n) is 3.07. The zero-order valence-electron chi connectivity index (χ0n) is 10.7. The van der Waals surface area contributed by atoms with E-state index >= 15 is 0 Å². The van der Waals surface area contributed by atoms with Crippen molar-refractivity contribution >= 4 is 11.8 Å². The highest BCUT2D eigenvalue weighted by Crippen LogP contribution is 2.37. The van der Waals surface area contributed by atoms with Gasteiger partial charge in [0.25, 0.3) is 0 Å². The summed E-state index contributed by atoms with van der Waals surface area (Å²) in [5.41, 5.74) is 7.28. The van der Waals surface area contributed by atoms with Crippen LogP contribution in [0.5, 0.6) is 0 Å². The molecule has 18 heavy (non-hydrogen) atoms. The van der Waals surface area contributed by atoms with Crippen LogP contribution in [0.25, 0.3) is 0 Å². The van der Waals surface area contributed by atoms with Crippen LogP contribution in [0.4, 0.5) is 0 Å². The van der Waals surface area contributed by atoms with E-state index in [1.807, 2.05) is 11.8 Å². The van der Waals surface area contributed by atoms with Gasteiger partial charge >= 0.3 is 0 Å². The number of fused-ring (bicyclic) bond motifs is 1. The molecule has 1 saturated carbocycles. The van der Waals surface area contributed by atoms with Gasteiger partial charge in [0, 0.05) is 10.1 Å².